The van der Waals surface area contributed by atoms with Gasteiger partial charge in [0, 0.05) is 23.9 Å². The molecule has 4 N–H and O–H groups in total. The minimum atomic E-state index is -0.525. The number of nitrogens with zero attached hydrogens (tertiary/aromatic N) is 1. The van der Waals surface area contributed by atoms with Crippen LogP contribution in [0.2, 0.25) is 0 Å². The Bertz CT molecular complexity index is 1180. The van der Waals surface area contributed by atoms with Crippen molar-refractivity contribution in [2.75, 3.05) is 18.1 Å². The van der Waals surface area contributed by atoms with E-state index >= 15 is 0 Å². The molecule has 32 heavy (non-hydrogen) atoms. The standard InChI is InChI=1S/C25H21N3O4/c26-16-18-1-6-20(7-2-18)25(30)32-22-10-3-17(4-11-22)5-12-24(29)31-14-13-19-8-9-21(27)15-23(19)28/h1-12,15H,13-14,27-28H2/b12-5+. The number of anilines is 2. The largest absolute Gasteiger partial charge is 0.462 e. The molecule has 160 valence electrons. The van der Waals surface area contributed by atoms with Gasteiger partial charge in [0.1, 0.15) is 5.75 Å². The molecule has 0 bridgehead atoms. The Morgan fingerprint density at radius 2 is 1.69 bits per heavy atom. The van der Waals surface area contributed by atoms with E-state index in [9.17, 15) is 9.59 Å². The molecule has 7 heteroatoms. The smallest absolute Gasteiger partial charge is 0.343 e. The third-order valence-electron chi connectivity index (χ3n) is 4.54. The number of hydrogen-bond acceptors (Lipinski definition) is 7. The summed E-state index contributed by atoms with van der Waals surface area (Å²) in [5, 5.41) is 8.81. The van der Waals surface area contributed by atoms with Crippen LogP contribution in [0.25, 0.3) is 6.08 Å². The van der Waals surface area contributed by atoms with Gasteiger partial charge in [-0.3, -0.25) is 0 Å². The first kappa shape index (κ1) is 22.1. The van der Waals surface area contributed by atoms with Gasteiger partial charge < -0.3 is 20.9 Å². The molecule has 0 saturated carbocycles. The van der Waals surface area contributed by atoms with Crippen molar-refractivity contribution in [3.63, 3.8) is 0 Å². The zero-order valence-corrected chi connectivity index (χ0v) is 17.2. The summed E-state index contributed by atoms with van der Waals surface area (Å²) in [5.41, 5.74) is 15.1. The third kappa shape index (κ3) is 6.21. The Kier molecular flexibility index (Phi) is 7.23. The first-order valence-corrected chi connectivity index (χ1v) is 9.76. The number of nitriles is 1. The molecule has 0 unspecified atom stereocenters. The van der Waals surface area contributed by atoms with E-state index in [1.165, 1.54) is 18.2 Å². The van der Waals surface area contributed by atoms with E-state index in [4.69, 9.17) is 26.2 Å². The molecule has 0 saturated heterocycles. The fourth-order valence-corrected chi connectivity index (χ4v) is 2.81. The molecule has 0 radical (unpaired) electrons. The van der Waals surface area contributed by atoms with Gasteiger partial charge in [-0.25, -0.2) is 9.59 Å². The number of carbonyl (C=O) groups is 2. The molecule has 0 aliphatic rings. The van der Waals surface area contributed by atoms with Gasteiger partial charge in [-0.1, -0.05) is 18.2 Å². The molecule has 0 fully saturated rings. The van der Waals surface area contributed by atoms with E-state index in [0.29, 0.717) is 34.7 Å². The monoisotopic (exact) mass is 427 g/mol. The second kappa shape index (κ2) is 10.5. The highest BCUT2D eigenvalue weighted by Gasteiger charge is 2.08. The average molecular weight is 427 g/mol. The topological polar surface area (TPSA) is 128 Å². The molecular formula is C25H21N3O4. The molecule has 3 aromatic rings. The number of nitrogens with two attached hydrogens (primary N) is 2. The van der Waals surface area contributed by atoms with Crippen molar-refractivity contribution < 1.29 is 19.1 Å². The highest BCUT2D eigenvalue weighted by atomic mass is 16.5. The lowest BCUT2D eigenvalue weighted by Gasteiger charge is -2.07. The first-order valence-electron chi connectivity index (χ1n) is 9.76. The highest BCUT2D eigenvalue weighted by Crippen LogP contribution is 2.17. The highest BCUT2D eigenvalue weighted by molar-refractivity contribution is 5.91. The second-order valence-electron chi connectivity index (χ2n) is 6.86. The van der Waals surface area contributed by atoms with E-state index in [1.54, 1.807) is 54.6 Å². The molecule has 0 amide bonds. The predicted octanol–water partition coefficient (Wildman–Crippen LogP) is 3.74. The quantitative estimate of drug-likeness (QED) is 0.254. The van der Waals surface area contributed by atoms with Crippen LogP contribution in [0.4, 0.5) is 11.4 Å². The molecule has 0 spiro atoms. The molecule has 3 aromatic carbocycles. The maximum absolute atomic E-state index is 12.2. The van der Waals surface area contributed by atoms with E-state index in [2.05, 4.69) is 0 Å². The van der Waals surface area contributed by atoms with Gasteiger partial charge >= 0.3 is 11.9 Å². The van der Waals surface area contributed by atoms with E-state index in [-0.39, 0.29) is 6.61 Å². The number of benzene rings is 3. The molecule has 0 heterocycles. The normalized spacial score (nSPS) is 10.5. The van der Waals surface area contributed by atoms with E-state index in [0.717, 1.165) is 11.1 Å². The number of carbonyl (C=O) groups excluding carboxylic acids is 2. The van der Waals surface area contributed by atoms with Gasteiger partial charge in [-0.15, -0.1) is 0 Å². The number of hydrogen-bond donors (Lipinski definition) is 2. The van der Waals surface area contributed by atoms with Gasteiger partial charge in [0.25, 0.3) is 0 Å². The molecule has 0 aliphatic carbocycles. The van der Waals surface area contributed by atoms with Gasteiger partial charge in [0.2, 0.25) is 0 Å². The fraction of sp³-hybridized carbons (Fsp3) is 0.0800. The van der Waals surface area contributed by atoms with Gasteiger partial charge in [-0.05, 0) is 65.7 Å². The fourth-order valence-electron chi connectivity index (χ4n) is 2.81. The Morgan fingerprint density at radius 3 is 2.34 bits per heavy atom. The number of esters is 2. The second-order valence-corrected chi connectivity index (χ2v) is 6.86. The summed E-state index contributed by atoms with van der Waals surface area (Å²) in [6.07, 6.45) is 3.42. The van der Waals surface area contributed by atoms with Crippen LogP contribution in [-0.2, 0) is 16.0 Å². The molecule has 0 aliphatic heterocycles. The van der Waals surface area contributed by atoms with Crippen LogP contribution in [-0.4, -0.2) is 18.5 Å². The summed E-state index contributed by atoms with van der Waals surface area (Å²) in [7, 11) is 0. The predicted molar refractivity (Wildman–Crippen MR) is 122 cm³/mol. The zero-order valence-electron chi connectivity index (χ0n) is 17.2. The summed E-state index contributed by atoms with van der Waals surface area (Å²) in [6, 6.07) is 20.0. The molecule has 0 atom stereocenters. The molecule has 0 aromatic heterocycles. The van der Waals surface area contributed by atoms with Crippen LogP contribution in [0, 0.1) is 11.3 Å². The van der Waals surface area contributed by atoms with Crippen LogP contribution in [0.3, 0.4) is 0 Å². The van der Waals surface area contributed by atoms with Crippen LogP contribution in [0.15, 0.2) is 72.8 Å². The lowest BCUT2D eigenvalue weighted by molar-refractivity contribution is -0.137. The first-order chi connectivity index (χ1) is 15.4. The Balaban J connectivity index is 1.48. The van der Waals surface area contributed by atoms with Crippen LogP contribution in [0.5, 0.6) is 5.75 Å². The lowest BCUT2D eigenvalue weighted by atomic mass is 10.1. The maximum atomic E-state index is 12.2. The van der Waals surface area contributed by atoms with Crippen LogP contribution < -0.4 is 16.2 Å². The Labute approximate surface area is 185 Å². The Hall–Kier alpha value is -4.57. The summed E-state index contributed by atoms with van der Waals surface area (Å²) in [6.45, 7) is 0.196. The summed E-state index contributed by atoms with van der Waals surface area (Å²) >= 11 is 0. The van der Waals surface area contributed by atoms with Crippen LogP contribution >= 0.6 is 0 Å². The number of nitrogen functional groups attached to an aromatic ring is 2. The molecule has 7 nitrogen and oxygen atoms in total. The van der Waals surface area contributed by atoms with Crippen molar-refractivity contribution in [3.8, 4) is 11.8 Å². The number of rotatable bonds is 7. The molecular weight excluding hydrogens is 406 g/mol. The van der Waals surface area contributed by atoms with E-state index < -0.39 is 11.9 Å². The minimum Gasteiger partial charge on any atom is -0.462 e. The lowest BCUT2D eigenvalue weighted by Crippen LogP contribution is -2.08. The van der Waals surface area contributed by atoms with Gasteiger partial charge in [-0.2, -0.15) is 5.26 Å². The van der Waals surface area contributed by atoms with E-state index in [1.807, 2.05) is 12.1 Å². The maximum Gasteiger partial charge on any atom is 0.343 e. The van der Waals surface area contributed by atoms with Crippen molar-refractivity contribution in [1.29, 1.82) is 5.26 Å². The zero-order chi connectivity index (χ0) is 22.9. The number of ether oxygens (including phenoxy) is 2. The summed E-state index contributed by atoms with van der Waals surface area (Å²) in [4.78, 5) is 24.1. The van der Waals surface area contributed by atoms with Crippen molar-refractivity contribution >= 4 is 29.4 Å². The summed E-state index contributed by atoms with van der Waals surface area (Å²) in [5.74, 6) is -0.640. The van der Waals surface area contributed by atoms with Gasteiger partial charge in [0.05, 0.1) is 23.8 Å². The van der Waals surface area contributed by atoms with Crippen LogP contribution in [0.1, 0.15) is 27.0 Å². The van der Waals surface area contributed by atoms with Gasteiger partial charge in [0.15, 0.2) is 0 Å². The third-order valence-corrected chi connectivity index (χ3v) is 4.54. The average Bonchev–Trinajstić information content (AvgIpc) is 2.80. The van der Waals surface area contributed by atoms with Crippen molar-refractivity contribution in [1.82, 2.24) is 0 Å². The SMILES string of the molecule is N#Cc1ccc(C(=O)Oc2ccc(/C=C/C(=O)OCCc3ccc(N)cc3N)cc2)cc1. The van der Waals surface area contributed by atoms with Crippen molar-refractivity contribution in [2.24, 2.45) is 0 Å². The minimum absolute atomic E-state index is 0.196. The molecule has 3 rings (SSSR count). The Morgan fingerprint density at radius 1 is 0.969 bits per heavy atom. The summed E-state index contributed by atoms with van der Waals surface area (Å²) < 4.78 is 10.5. The van der Waals surface area contributed by atoms with Crippen molar-refractivity contribution in [3.05, 3.63) is 95.1 Å². The van der Waals surface area contributed by atoms with Crippen molar-refractivity contribution in [2.45, 2.75) is 6.42 Å².